The Kier molecular flexibility index (Phi) is 8.08. The molecule has 1 atom stereocenters. The van der Waals surface area contributed by atoms with Crippen LogP contribution in [0.2, 0.25) is 0 Å². The van der Waals surface area contributed by atoms with Gasteiger partial charge in [-0.1, -0.05) is 24.3 Å². The van der Waals surface area contributed by atoms with Gasteiger partial charge >= 0.3 is 12.1 Å². The van der Waals surface area contributed by atoms with Crippen LogP contribution in [0.3, 0.4) is 0 Å². The molecular weight excluding hydrogens is 549 g/mol. The number of aromatic carboxylic acids is 1. The Bertz CT molecular complexity index is 1500. The molecule has 13 heteroatoms. The molecule has 1 saturated carbocycles. The minimum absolute atomic E-state index is 0.0305. The first kappa shape index (κ1) is 29.3. The van der Waals surface area contributed by atoms with E-state index >= 15 is 0 Å². The van der Waals surface area contributed by atoms with Gasteiger partial charge in [0.15, 0.2) is 0 Å². The number of carbonyl (C=O) groups is 1. The van der Waals surface area contributed by atoms with Crippen LogP contribution in [0.15, 0.2) is 53.4 Å². The maximum absolute atomic E-state index is 13.3. The fourth-order valence-corrected chi connectivity index (χ4v) is 5.42. The Morgan fingerprint density at radius 2 is 1.77 bits per heavy atom. The van der Waals surface area contributed by atoms with Crippen LogP contribution in [-0.4, -0.2) is 48.3 Å². The van der Waals surface area contributed by atoms with Crippen LogP contribution in [0.4, 0.5) is 19.1 Å². The average molecular weight is 579 g/mol. The Morgan fingerprint density at radius 3 is 2.38 bits per heavy atom. The Hall–Kier alpha value is -3.71. The third-order valence-corrected chi connectivity index (χ3v) is 8.28. The van der Waals surface area contributed by atoms with Crippen LogP contribution >= 0.6 is 0 Å². The summed E-state index contributed by atoms with van der Waals surface area (Å²) >= 11 is 0. The minimum Gasteiger partial charge on any atom is -0.478 e. The molecule has 4 rings (SSSR count). The van der Waals surface area contributed by atoms with Gasteiger partial charge in [0, 0.05) is 17.7 Å². The van der Waals surface area contributed by atoms with E-state index in [1.165, 1.54) is 24.3 Å². The Labute approximate surface area is 229 Å². The standard InChI is InChI=1S/C27H29F3N4O5S/c1-16-5-3-6-17(2)23(16)21-14-22(39-15-19(31)9-10-26(11-12-26)27(28,29)30)33-25(32-21)34-40(37,38)20-8-4-7-18(13-20)24(35)36/h3-8,13-14,19H,9-12,15,31H2,1-2H3,(H,35,36)(H,32,33,34). The Morgan fingerprint density at radius 1 is 1.12 bits per heavy atom. The van der Waals surface area contributed by atoms with Crippen molar-refractivity contribution in [3.63, 3.8) is 0 Å². The van der Waals surface area contributed by atoms with Gasteiger partial charge in [0.05, 0.1) is 21.6 Å². The lowest BCUT2D eigenvalue weighted by Gasteiger charge is -2.21. The number of sulfonamides is 1. The number of hydrogen-bond acceptors (Lipinski definition) is 7. The van der Waals surface area contributed by atoms with Crippen LogP contribution in [0.1, 0.15) is 47.2 Å². The summed E-state index contributed by atoms with van der Waals surface area (Å²) in [6.45, 7) is 3.57. The third kappa shape index (κ3) is 6.53. The second-order valence-electron chi connectivity index (χ2n) is 10.0. The first-order valence-electron chi connectivity index (χ1n) is 12.5. The van der Waals surface area contributed by atoms with Gasteiger partial charge < -0.3 is 15.6 Å². The Balaban J connectivity index is 1.60. The molecule has 0 spiro atoms. The van der Waals surface area contributed by atoms with Crippen molar-refractivity contribution in [1.82, 2.24) is 9.97 Å². The molecule has 0 aliphatic heterocycles. The molecule has 0 radical (unpaired) electrons. The van der Waals surface area contributed by atoms with E-state index in [2.05, 4.69) is 14.7 Å². The predicted molar refractivity (Wildman–Crippen MR) is 142 cm³/mol. The molecule has 0 bridgehead atoms. The number of benzene rings is 2. The largest absolute Gasteiger partial charge is 0.478 e. The molecule has 0 saturated heterocycles. The number of rotatable bonds is 11. The van der Waals surface area contributed by atoms with Crippen LogP contribution in [0, 0.1) is 19.3 Å². The summed E-state index contributed by atoms with van der Waals surface area (Å²) < 4.78 is 73.9. The number of nitrogens with two attached hydrogens (primary N) is 1. The lowest BCUT2D eigenvalue weighted by Crippen LogP contribution is -2.32. The normalized spacial score (nSPS) is 15.3. The number of aryl methyl sites for hydroxylation is 2. The average Bonchev–Trinajstić information content (AvgIpc) is 3.67. The van der Waals surface area contributed by atoms with E-state index in [1.54, 1.807) is 0 Å². The third-order valence-electron chi connectivity index (χ3n) is 6.95. The number of nitrogens with zero attached hydrogens (tertiary/aromatic N) is 2. The number of carboxylic acids is 1. The summed E-state index contributed by atoms with van der Waals surface area (Å²) in [6, 6.07) is 11.2. The van der Waals surface area contributed by atoms with E-state index in [0.717, 1.165) is 17.2 Å². The molecular formula is C27H29F3N4O5S. The first-order chi connectivity index (χ1) is 18.7. The van der Waals surface area contributed by atoms with Gasteiger partial charge in [-0.15, -0.1) is 0 Å². The van der Waals surface area contributed by atoms with Crippen molar-refractivity contribution in [3.05, 3.63) is 65.2 Å². The SMILES string of the molecule is Cc1cccc(C)c1-c1cc(OCC(N)CCC2(C(F)(F)F)CC2)nc(NS(=O)(=O)c2cccc(C(=O)O)c2)n1. The molecule has 1 aromatic heterocycles. The monoisotopic (exact) mass is 578 g/mol. The molecule has 1 aliphatic carbocycles. The van der Waals surface area contributed by atoms with Crippen molar-refractivity contribution in [1.29, 1.82) is 0 Å². The quantitative estimate of drug-likeness (QED) is 0.285. The van der Waals surface area contributed by atoms with Crippen molar-refractivity contribution in [2.75, 3.05) is 11.3 Å². The summed E-state index contributed by atoms with van der Waals surface area (Å²) in [7, 11) is -4.29. The van der Waals surface area contributed by atoms with Gasteiger partial charge in [-0.3, -0.25) is 0 Å². The highest BCUT2D eigenvalue weighted by Gasteiger charge is 2.62. The van der Waals surface area contributed by atoms with Gasteiger partial charge in [-0.2, -0.15) is 18.2 Å². The molecule has 4 N–H and O–H groups in total. The summed E-state index contributed by atoms with van der Waals surface area (Å²) in [6.07, 6.45) is -4.09. The zero-order valence-electron chi connectivity index (χ0n) is 21.8. The highest BCUT2D eigenvalue weighted by Crippen LogP contribution is 2.60. The zero-order chi connectivity index (χ0) is 29.3. The van der Waals surface area contributed by atoms with Gasteiger partial charge in [0.25, 0.3) is 10.0 Å². The number of alkyl halides is 3. The van der Waals surface area contributed by atoms with Crippen molar-refractivity contribution < 1.29 is 36.2 Å². The molecule has 3 aromatic rings. The molecule has 0 amide bonds. The summed E-state index contributed by atoms with van der Waals surface area (Å²) in [5.74, 6) is -1.66. The molecule has 1 unspecified atom stereocenters. The van der Waals surface area contributed by atoms with Gasteiger partial charge in [0.1, 0.15) is 6.61 Å². The van der Waals surface area contributed by atoms with E-state index in [9.17, 15) is 31.5 Å². The lowest BCUT2D eigenvalue weighted by molar-refractivity contribution is -0.189. The summed E-state index contributed by atoms with van der Waals surface area (Å²) in [5, 5.41) is 9.22. The maximum atomic E-state index is 13.3. The number of ether oxygens (including phenoxy) is 1. The number of hydrogen-bond donors (Lipinski definition) is 3. The van der Waals surface area contributed by atoms with Crippen molar-refractivity contribution in [3.8, 4) is 17.1 Å². The smallest absolute Gasteiger partial charge is 0.394 e. The van der Waals surface area contributed by atoms with Crippen molar-refractivity contribution >= 4 is 21.9 Å². The summed E-state index contributed by atoms with van der Waals surface area (Å²) in [5.41, 5.74) is 6.94. The first-order valence-corrected chi connectivity index (χ1v) is 14.0. The highest BCUT2D eigenvalue weighted by atomic mass is 32.2. The number of halogens is 3. The van der Waals surface area contributed by atoms with Gasteiger partial charge in [-0.05, 0) is 68.9 Å². The molecule has 1 aliphatic rings. The van der Waals surface area contributed by atoms with E-state index in [1.807, 2.05) is 32.0 Å². The number of carboxylic acid groups (broad SMARTS) is 1. The second-order valence-corrected chi connectivity index (χ2v) is 11.7. The molecule has 9 nitrogen and oxygen atoms in total. The molecule has 214 valence electrons. The second kappa shape index (κ2) is 11.0. The highest BCUT2D eigenvalue weighted by molar-refractivity contribution is 7.92. The topological polar surface area (TPSA) is 144 Å². The van der Waals surface area contributed by atoms with E-state index in [-0.39, 0.29) is 54.6 Å². The predicted octanol–water partition coefficient (Wildman–Crippen LogP) is 5.09. The summed E-state index contributed by atoms with van der Waals surface area (Å²) in [4.78, 5) is 19.5. The van der Waals surface area contributed by atoms with Crippen molar-refractivity contribution in [2.24, 2.45) is 11.1 Å². The maximum Gasteiger partial charge on any atom is 0.394 e. The number of aromatic nitrogens is 2. The fourth-order valence-electron chi connectivity index (χ4n) is 4.43. The zero-order valence-corrected chi connectivity index (χ0v) is 22.6. The molecule has 1 fully saturated rings. The molecule has 1 heterocycles. The van der Waals surface area contributed by atoms with E-state index in [4.69, 9.17) is 10.5 Å². The molecule has 40 heavy (non-hydrogen) atoms. The van der Waals surface area contributed by atoms with E-state index < -0.39 is 33.6 Å². The van der Waals surface area contributed by atoms with Crippen LogP contribution in [-0.2, 0) is 10.0 Å². The van der Waals surface area contributed by atoms with Crippen LogP contribution in [0.25, 0.3) is 11.3 Å². The van der Waals surface area contributed by atoms with Gasteiger partial charge in [-0.25, -0.2) is 22.9 Å². The van der Waals surface area contributed by atoms with E-state index in [0.29, 0.717) is 11.3 Å². The van der Waals surface area contributed by atoms with Gasteiger partial charge in [0.2, 0.25) is 11.8 Å². The number of anilines is 1. The number of nitrogens with one attached hydrogen (secondary N) is 1. The fraction of sp³-hybridized carbons (Fsp3) is 0.370. The van der Waals surface area contributed by atoms with Crippen LogP contribution in [0.5, 0.6) is 5.88 Å². The lowest BCUT2D eigenvalue weighted by atomic mass is 9.97. The van der Waals surface area contributed by atoms with Crippen molar-refractivity contribution in [2.45, 2.75) is 56.6 Å². The molecule has 2 aromatic carbocycles. The van der Waals surface area contributed by atoms with Crippen LogP contribution < -0.4 is 15.2 Å². The minimum atomic E-state index is -4.29.